The largest absolute Gasteiger partial charge is 0.353 e. The van der Waals surface area contributed by atoms with E-state index >= 15 is 0 Å². The van der Waals surface area contributed by atoms with Crippen LogP contribution in [-0.4, -0.2) is 15.8 Å². The van der Waals surface area contributed by atoms with Gasteiger partial charge in [-0.1, -0.05) is 20.8 Å². The third-order valence-corrected chi connectivity index (χ3v) is 2.19. The van der Waals surface area contributed by atoms with Gasteiger partial charge in [-0.05, 0) is 6.07 Å². The van der Waals surface area contributed by atoms with Crippen molar-refractivity contribution in [1.29, 1.82) is 0 Å². The topological polar surface area (TPSA) is 45.5 Å². The van der Waals surface area contributed by atoms with Crippen LogP contribution in [0.4, 0.5) is 0 Å². The molecule has 1 heterocycles. The molecule has 0 aliphatic carbocycles. The van der Waals surface area contributed by atoms with Crippen LogP contribution < -0.4 is 5.73 Å². The fourth-order valence-corrected chi connectivity index (χ4v) is 0.908. The standard InChI is InChI=1S/C9H17N3/c1-9(2,3)8(10)7-12-6-4-5-11-12/h4-6,8H,7,10H2,1-3H3/p+1/t8-/m0/s1. The Morgan fingerprint density at radius 2 is 2.17 bits per heavy atom. The maximum absolute atomic E-state index is 4.15. The molecule has 0 aliphatic rings. The molecule has 0 fully saturated rings. The van der Waals surface area contributed by atoms with Gasteiger partial charge in [-0.15, -0.1) is 0 Å². The Kier molecular flexibility index (Phi) is 2.52. The Morgan fingerprint density at radius 3 is 2.58 bits per heavy atom. The zero-order valence-corrected chi connectivity index (χ0v) is 8.12. The lowest BCUT2D eigenvalue weighted by Crippen LogP contribution is -2.68. The van der Waals surface area contributed by atoms with E-state index in [9.17, 15) is 0 Å². The first kappa shape index (κ1) is 9.26. The smallest absolute Gasteiger partial charge is 0.109 e. The van der Waals surface area contributed by atoms with Gasteiger partial charge in [0.15, 0.2) is 0 Å². The van der Waals surface area contributed by atoms with Gasteiger partial charge in [-0.25, -0.2) is 0 Å². The molecule has 0 saturated carbocycles. The summed E-state index contributed by atoms with van der Waals surface area (Å²) in [6.07, 6.45) is 3.78. The van der Waals surface area contributed by atoms with Gasteiger partial charge in [-0.3, -0.25) is 4.68 Å². The fourth-order valence-electron chi connectivity index (χ4n) is 0.908. The summed E-state index contributed by atoms with van der Waals surface area (Å²) in [4.78, 5) is 0. The molecule has 0 saturated heterocycles. The van der Waals surface area contributed by atoms with Gasteiger partial charge in [0, 0.05) is 17.8 Å². The molecule has 3 N–H and O–H groups in total. The van der Waals surface area contributed by atoms with E-state index in [4.69, 9.17) is 0 Å². The Labute approximate surface area is 73.6 Å². The van der Waals surface area contributed by atoms with E-state index in [1.807, 2.05) is 16.9 Å². The van der Waals surface area contributed by atoms with Gasteiger partial charge in [0.05, 0.1) is 6.54 Å². The van der Waals surface area contributed by atoms with E-state index in [1.54, 1.807) is 6.20 Å². The average Bonchev–Trinajstić information content (AvgIpc) is 2.37. The second-order valence-corrected chi connectivity index (χ2v) is 4.29. The lowest BCUT2D eigenvalue weighted by molar-refractivity contribution is -0.446. The molecule has 12 heavy (non-hydrogen) atoms. The highest BCUT2D eigenvalue weighted by Gasteiger charge is 2.24. The number of quaternary nitrogens is 1. The van der Waals surface area contributed by atoms with Crippen molar-refractivity contribution in [2.24, 2.45) is 5.41 Å². The van der Waals surface area contributed by atoms with Crippen LogP contribution in [0.25, 0.3) is 0 Å². The van der Waals surface area contributed by atoms with E-state index in [-0.39, 0.29) is 5.41 Å². The minimum absolute atomic E-state index is 0.256. The van der Waals surface area contributed by atoms with Gasteiger partial charge in [0.1, 0.15) is 6.04 Å². The quantitative estimate of drug-likeness (QED) is 0.688. The molecule has 1 atom stereocenters. The van der Waals surface area contributed by atoms with Crippen molar-refractivity contribution in [3.8, 4) is 0 Å². The maximum atomic E-state index is 4.15. The lowest BCUT2D eigenvalue weighted by atomic mass is 9.87. The Balaban J connectivity index is 2.53. The third kappa shape index (κ3) is 2.34. The van der Waals surface area contributed by atoms with Crippen LogP contribution in [0.15, 0.2) is 18.5 Å². The number of hydrogen-bond acceptors (Lipinski definition) is 1. The van der Waals surface area contributed by atoms with Crippen molar-refractivity contribution in [2.75, 3.05) is 0 Å². The van der Waals surface area contributed by atoms with Crippen molar-refractivity contribution >= 4 is 0 Å². The van der Waals surface area contributed by atoms with Crippen LogP contribution in [0.1, 0.15) is 20.8 Å². The molecule has 0 amide bonds. The predicted octanol–water partition coefficient (Wildman–Crippen LogP) is 0.540. The lowest BCUT2D eigenvalue weighted by Gasteiger charge is -2.23. The molecule has 1 aromatic rings. The number of aromatic nitrogens is 2. The molecule has 3 nitrogen and oxygen atoms in total. The second-order valence-electron chi connectivity index (χ2n) is 4.29. The molecule has 0 spiro atoms. The predicted molar refractivity (Wildman–Crippen MR) is 48.4 cm³/mol. The monoisotopic (exact) mass is 168 g/mol. The highest BCUT2D eigenvalue weighted by Crippen LogP contribution is 2.16. The molecule has 1 aromatic heterocycles. The highest BCUT2D eigenvalue weighted by atomic mass is 15.3. The van der Waals surface area contributed by atoms with E-state index in [0.29, 0.717) is 6.04 Å². The van der Waals surface area contributed by atoms with Gasteiger partial charge in [-0.2, -0.15) is 5.10 Å². The van der Waals surface area contributed by atoms with E-state index in [2.05, 4.69) is 31.6 Å². The van der Waals surface area contributed by atoms with E-state index in [1.165, 1.54) is 0 Å². The summed E-state index contributed by atoms with van der Waals surface area (Å²) in [6.45, 7) is 7.51. The number of hydrogen-bond donors (Lipinski definition) is 1. The second kappa shape index (κ2) is 3.27. The molecular weight excluding hydrogens is 150 g/mol. The Morgan fingerprint density at radius 1 is 1.50 bits per heavy atom. The number of rotatable bonds is 2. The average molecular weight is 168 g/mol. The van der Waals surface area contributed by atoms with Crippen molar-refractivity contribution in [1.82, 2.24) is 9.78 Å². The van der Waals surface area contributed by atoms with E-state index in [0.717, 1.165) is 6.54 Å². The van der Waals surface area contributed by atoms with Crippen LogP contribution in [0, 0.1) is 5.41 Å². The molecule has 3 heteroatoms. The molecule has 0 radical (unpaired) electrons. The fraction of sp³-hybridized carbons (Fsp3) is 0.667. The summed E-state index contributed by atoms with van der Waals surface area (Å²) in [5.41, 5.74) is 4.38. The van der Waals surface area contributed by atoms with Crippen LogP contribution in [-0.2, 0) is 6.54 Å². The third-order valence-electron chi connectivity index (χ3n) is 2.19. The summed E-state index contributed by atoms with van der Waals surface area (Å²) in [6, 6.07) is 2.34. The minimum Gasteiger partial charge on any atom is -0.353 e. The molecule has 0 bridgehead atoms. The van der Waals surface area contributed by atoms with Gasteiger partial charge in [0.2, 0.25) is 0 Å². The van der Waals surface area contributed by atoms with Crippen molar-refractivity contribution in [3.05, 3.63) is 18.5 Å². The molecule has 0 aromatic carbocycles. The SMILES string of the molecule is CC(C)(C)[C@@H]([NH3+])Cn1cccn1. The molecular formula is C9H18N3+. The summed E-state index contributed by atoms with van der Waals surface area (Å²) in [5, 5.41) is 4.15. The van der Waals surface area contributed by atoms with Gasteiger partial charge >= 0.3 is 0 Å². The van der Waals surface area contributed by atoms with Crippen molar-refractivity contribution in [3.63, 3.8) is 0 Å². The Hall–Kier alpha value is -0.830. The Bertz CT molecular complexity index is 220. The number of nitrogens with zero attached hydrogens (tertiary/aromatic N) is 2. The molecule has 68 valence electrons. The zero-order valence-electron chi connectivity index (χ0n) is 8.12. The van der Waals surface area contributed by atoms with Gasteiger partial charge < -0.3 is 5.73 Å². The molecule has 1 rings (SSSR count). The van der Waals surface area contributed by atoms with E-state index < -0.39 is 0 Å². The zero-order chi connectivity index (χ0) is 9.19. The van der Waals surface area contributed by atoms with Crippen molar-refractivity contribution < 1.29 is 5.73 Å². The maximum Gasteiger partial charge on any atom is 0.109 e. The normalized spacial score (nSPS) is 14.7. The summed E-state index contributed by atoms with van der Waals surface area (Å²) in [7, 11) is 0. The summed E-state index contributed by atoms with van der Waals surface area (Å²) < 4.78 is 1.93. The summed E-state index contributed by atoms with van der Waals surface area (Å²) in [5.74, 6) is 0. The first-order chi connectivity index (χ1) is 5.50. The first-order valence-corrected chi connectivity index (χ1v) is 4.30. The van der Waals surface area contributed by atoms with Crippen molar-refractivity contribution in [2.45, 2.75) is 33.4 Å². The molecule has 0 aliphatic heterocycles. The minimum atomic E-state index is 0.256. The first-order valence-electron chi connectivity index (χ1n) is 4.30. The van der Waals surface area contributed by atoms with Gasteiger partial charge in [0.25, 0.3) is 0 Å². The molecule has 0 unspecified atom stereocenters. The van der Waals surface area contributed by atoms with Crippen LogP contribution in [0.2, 0.25) is 0 Å². The van der Waals surface area contributed by atoms with Crippen LogP contribution >= 0.6 is 0 Å². The van der Waals surface area contributed by atoms with Crippen LogP contribution in [0.5, 0.6) is 0 Å². The highest BCUT2D eigenvalue weighted by molar-refractivity contribution is 4.80. The van der Waals surface area contributed by atoms with Crippen LogP contribution in [0.3, 0.4) is 0 Å². The summed E-state index contributed by atoms with van der Waals surface area (Å²) >= 11 is 0.